The van der Waals surface area contributed by atoms with Gasteiger partial charge < -0.3 is 16.0 Å². The Labute approximate surface area is 174 Å². The first-order valence-corrected chi connectivity index (χ1v) is 10.4. The van der Waals surface area contributed by atoms with E-state index in [1.54, 1.807) is 12.1 Å². The van der Waals surface area contributed by atoms with Crippen LogP contribution < -0.4 is 11.1 Å². The van der Waals surface area contributed by atoms with E-state index in [0.717, 1.165) is 44.2 Å². The van der Waals surface area contributed by atoms with E-state index >= 15 is 0 Å². The molecular formula is C22H34ClN3O2. The Balaban J connectivity index is 0.00000280. The summed E-state index contributed by atoms with van der Waals surface area (Å²) in [6.45, 7) is 1.97. The lowest BCUT2D eigenvalue weighted by Gasteiger charge is -2.37. The molecule has 2 saturated carbocycles. The summed E-state index contributed by atoms with van der Waals surface area (Å²) in [7, 11) is 1.90. The SMILES string of the molecule is CN(C(=O)c1ccc(NC(=O)C2CCCCC2(C)N)cc1)C1CCCCC1.Cl. The molecular weight excluding hydrogens is 374 g/mol. The number of rotatable bonds is 4. The molecule has 0 aliphatic heterocycles. The molecule has 3 N–H and O–H groups in total. The second-order valence-electron chi connectivity index (χ2n) is 8.58. The van der Waals surface area contributed by atoms with Crippen molar-refractivity contribution in [1.29, 1.82) is 0 Å². The van der Waals surface area contributed by atoms with Crippen molar-refractivity contribution in [2.45, 2.75) is 76.3 Å². The van der Waals surface area contributed by atoms with Crippen LogP contribution in [0.5, 0.6) is 0 Å². The summed E-state index contributed by atoms with van der Waals surface area (Å²) in [6, 6.07) is 7.59. The monoisotopic (exact) mass is 407 g/mol. The van der Waals surface area contributed by atoms with Gasteiger partial charge in [-0.3, -0.25) is 9.59 Å². The van der Waals surface area contributed by atoms with Gasteiger partial charge in [-0.05, 0) is 56.9 Å². The fourth-order valence-corrected chi connectivity index (χ4v) is 4.55. The van der Waals surface area contributed by atoms with Crippen molar-refractivity contribution in [1.82, 2.24) is 4.90 Å². The maximum Gasteiger partial charge on any atom is 0.253 e. The first-order valence-electron chi connectivity index (χ1n) is 10.4. The Kier molecular flexibility index (Phi) is 7.90. The van der Waals surface area contributed by atoms with Gasteiger partial charge in [0.2, 0.25) is 5.91 Å². The van der Waals surface area contributed by atoms with Crippen LogP contribution in [0.15, 0.2) is 24.3 Å². The summed E-state index contributed by atoms with van der Waals surface area (Å²) >= 11 is 0. The van der Waals surface area contributed by atoms with E-state index in [9.17, 15) is 9.59 Å². The number of carbonyl (C=O) groups is 2. The van der Waals surface area contributed by atoms with Crippen molar-refractivity contribution in [3.63, 3.8) is 0 Å². The van der Waals surface area contributed by atoms with Crippen LogP contribution in [0.4, 0.5) is 5.69 Å². The topological polar surface area (TPSA) is 75.4 Å². The van der Waals surface area contributed by atoms with Crippen molar-refractivity contribution in [3.05, 3.63) is 29.8 Å². The van der Waals surface area contributed by atoms with Crippen molar-refractivity contribution < 1.29 is 9.59 Å². The number of halogens is 1. The number of anilines is 1. The van der Waals surface area contributed by atoms with Gasteiger partial charge in [0, 0.05) is 29.9 Å². The third kappa shape index (κ3) is 5.26. The number of benzene rings is 1. The molecule has 2 aliphatic rings. The first kappa shape index (κ1) is 22.7. The summed E-state index contributed by atoms with van der Waals surface area (Å²) in [5, 5.41) is 2.98. The molecule has 1 aromatic rings. The molecule has 2 fully saturated rings. The highest BCUT2D eigenvalue weighted by Crippen LogP contribution is 2.32. The zero-order valence-corrected chi connectivity index (χ0v) is 17.9. The van der Waals surface area contributed by atoms with Crippen LogP contribution in [-0.2, 0) is 4.79 Å². The minimum Gasteiger partial charge on any atom is -0.339 e. The van der Waals surface area contributed by atoms with Gasteiger partial charge in [0.25, 0.3) is 5.91 Å². The lowest BCUT2D eigenvalue weighted by molar-refractivity contribution is -0.122. The van der Waals surface area contributed by atoms with Gasteiger partial charge in [-0.2, -0.15) is 0 Å². The van der Waals surface area contributed by atoms with Crippen molar-refractivity contribution in [3.8, 4) is 0 Å². The zero-order valence-electron chi connectivity index (χ0n) is 17.1. The largest absolute Gasteiger partial charge is 0.339 e. The van der Waals surface area contributed by atoms with E-state index in [1.807, 2.05) is 31.0 Å². The van der Waals surface area contributed by atoms with Crippen LogP contribution in [0.3, 0.4) is 0 Å². The molecule has 0 heterocycles. The minimum absolute atomic E-state index is 0. The van der Waals surface area contributed by atoms with Gasteiger partial charge in [0.15, 0.2) is 0 Å². The summed E-state index contributed by atoms with van der Waals surface area (Å²) in [5.41, 5.74) is 7.28. The number of nitrogens with two attached hydrogens (primary N) is 1. The fraction of sp³-hybridized carbons (Fsp3) is 0.636. The van der Waals surface area contributed by atoms with E-state index in [-0.39, 0.29) is 30.1 Å². The van der Waals surface area contributed by atoms with Gasteiger partial charge in [-0.25, -0.2) is 0 Å². The predicted molar refractivity (Wildman–Crippen MR) is 116 cm³/mol. The number of amides is 2. The van der Waals surface area contributed by atoms with Crippen LogP contribution in [0.25, 0.3) is 0 Å². The van der Waals surface area contributed by atoms with E-state index in [1.165, 1.54) is 19.3 Å². The van der Waals surface area contributed by atoms with Crippen molar-refractivity contribution in [2.24, 2.45) is 11.7 Å². The molecule has 0 spiro atoms. The average Bonchev–Trinajstić information content (AvgIpc) is 2.67. The molecule has 1 aromatic carbocycles. The second kappa shape index (κ2) is 9.75. The van der Waals surface area contributed by atoms with E-state index in [0.29, 0.717) is 11.6 Å². The lowest BCUT2D eigenvalue weighted by atomic mass is 9.74. The maximum absolute atomic E-state index is 12.7. The lowest BCUT2D eigenvalue weighted by Crippen LogP contribution is -2.51. The second-order valence-corrected chi connectivity index (χ2v) is 8.58. The summed E-state index contributed by atoms with van der Waals surface area (Å²) in [6.07, 6.45) is 9.71. The summed E-state index contributed by atoms with van der Waals surface area (Å²) < 4.78 is 0. The van der Waals surface area contributed by atoms with Crippen LogP contribution in [0.1, 0.15) is 75.1 Å². The van der Waals surface area contributed by atoms with Gasteiger partial charge >= 0.3 is 0 Å². The number of hydrogen-bond donors (Lipinski definition) is 2. The van der Waals surface area contributed by atoms with E-state index in [2.05, 4.69) is 5.32 Å². The number of nitrogens with one attached hydrogen (secondary N) is 1. The molecule has 0 saturated heterocycles. The average molecular weight is 408 g/mol. The van der Waals surface area contributed by atoms with Crippen LogP contribution in [0.2, 0.25) is 0 Å². The highest BCUT2D eigenvalue weighted by atomic mass is 35.5. The van der Waals surface area contributed by atoms with Crippen molar-refractivity contribution >= 4 is 29.9 Å². The molecule has 2 amide bonds. The summed E-state index contributed by atoms with van der Waals surface area (Å²) in [4.78, 5) is 27.3. The molecule has 28 heavy (non-hydrogen) atoms. The molecule has 2 atom stereocenters. The molecule has 6 heteroatoms. The van der Waals surface area contributed by atoms with Gasteiger partial charge in [-0.15, -0.1) is 12.4 Å². The molecule has 3 rings (SSSR count). The third-order valence-electron chi connectivity index (χ3n) is 6.41. The maximum atomic E-state index is 12.7. The van der Waals surface area contributed by atoms with Crippen LogP contribution in [0, 0.1) is 5.92 Å². The molecule has 156 valence electrons. The number of nitrogens with zero attached hydrogens (tertiary/aromatic N) is 1. The third-order valence-corrected chi connectivity index (χ3v) is 6.41. The van der Waals surface area contributed by atoms with Gasteiger partial charge in [0.05, 0.1) is 5.92 Å². The predicted octanol–water partition coefficient (Wildman–Crippen LogP) is 4.36. The zero-order chi connectivity index (χ0) is 19.4. The Bertz CT molecular complexity index is 669. The molecule has 2 unspecified atom stereocenters. The normalized spacial score (nSPS) is 25.5. The summed E-state index contributed by atoms with van der Waals surface area (Å²) in [5.74, 6) is -0.121. The van der Waals surface area contributed by atoms with Crippen LogP contribution in [-0.4, -0.2) is 35.3 Å². The number of carbonyl (C=O) groups excluding carboxylic acids is 2. The molecule has 0 bridgehead atoms. The quantitative estimate of drug-likeness (QED) is 0.778. The Morgan fingerprint density at radius 3 is 2.25 bits per heavy atom. The Hall–Kier alpha value is -1.59. The highest BCUT2D eigenvalue weighted by molar-refractivity contribution is 5.96. The van der Waals surface area contributed by atoms with Crippen molar-refractivity contribution in [2.75, 3.05) is 12.4 Å². The smallest absolute Gasteiger partial charge is 0.253 e. The minimum atomic E-state index is -0.444. The van der Waals surface area contributed by atoms with Gasteiger partial charge in [0.1, 0.15) is 0 Å². The molecule has 5 nitrogen and oxygen atoms in total. The Morgan fingerprint density at radius 1 is 1.04 bits per heavy atom. The van der Waals surface area contributed by atoms with E-state index in [4.69, 9.17) is 5.73 Å². The number of hydrogen-bond acceptors (Lipinski definition) is 3. The highest BCUT2D eigenvalue weighted by Gasteiger charge is 2.37. The molecule has 0 aromatic heterocycles. The fourth-order valence-electron chi connectivity index (χ4n) is 4.55. The molecule has 0 radical (unpaired) electrons. The Morgan fingerprint density at radius 2 is 1.64 bits per heavy atom. The molecule has 2 aliphatic carbocycles. The van der Waals surface area contributed by atoms with Gasteiger partial charge in [-0.1, -0.05) is 32.1 Å². The van der Waals surface area contributed by atoms with Crippen LogP contribution >= 0.6 is 12.4 Å². The standard InChI is InChI=1S/C22H33N3O2.ClH/c1-22(23)15-7-6-10-19(22)20(26)24-17-13-11-16(12-14-17)21(27)25(2)18-8-4-3-5-9-18;/h11-14,18-19H,3-10,15,23H2,1-2H3,(H,24,26);1H. The van der Waals surface area contributed by atoms with E-state index < -0.39 is 5.54 Å². The first-order chi connectivity index (χ1) is 12.9.